The number of rotatable bonds is 9. The molecule has 0 saturated carbocycles. The van der Waals surface area contributed by atoms with Crippen LogP contribution >= 0.6 is 0 Å². The van der Waals surface area contributed by atoms with Crippen molar-refractivity contribution in [3.05, 3.63) is 0 Å². The smallest absolute Gasteiger partial charge is 0.374 e. The molecule has 0 rings (SSSR count). The van der Waals surface area contributed by atoms with Gasteiger partial charge in [0.25, 0.3) is 0 Å². The Labute approximate surface area is 101 Å². The highest BCUT2D eigenvalue weighted by molar-refractivity contribution is 6.33. The lowest BCUT2D eigenvalue weighted by Gasteiger charge is -2.02. The summed E-state index contributed by atoms with van der Waals surface area (Å²) in [5, 5.41) is 0. The zero-order valence-electron chi connectivity index (χ0n) is 10.5. The maximum Gasteiger partial charge on any atom is 0.374 e. The number of carbonyl (C=O) groups is 3. The molecule has 0 aromatic heterocycles. The van der Waals surface area contributed by atoms with Crippen LogP contribution in [0.3, 0.4) is 0 Å². The van der Waals surface area contributed by atoms with Gasteiger partial charge in [-0.05, 0) is 12.8 Å². The van der Waals surface area contributed by atoms with Crippen LogP contribution in [0.2, 0.25) is 0 Å². The van der Waals surface area contributed by atoms with Gasteiger partial charge in [-0.15, -0.1) is 0 Å². The number of hydrogen-bond donors (Lipinski definition) is 0. The normalized spacial score (nSPS) is 9.76. The first-order valence-electron chi connectivity index (χ1n) is 5.82. The van der Waals surface area contributed by atoms with Gasteiger partial charge in [0.05, 0.1) is 13.7 Å². The Morgan fingerprint density at radius 1 is 0.941 bits per heavy atom. The van der Waals surface area contributed by atoms with Crippen LogP contribution in [0.15, 0.2) is 0 Å². The van der Waals surface area contributed by atoms with Gasteiger partial charge in [-0.3, -0.25) is 9.59 Å². The molecule has 0 saturated heterocycles. The highest BCUT2D eigenvalue weighted by atomic mass is 16.5. The van der Waals surface area contributed by atoms with E-state index in [0.717, 1.165) is 25.7 Å². The Morgan fingerprint density at radius 2 is 1.53 bits per heavy atom. The minimum Gasteiger partial charge on any atom is -0.466 e. The Bertz CT molecular complexity index is 260. The molecule has 0 aromatic carbocycles. The molecule has 0 aliphatic carbocycles. The minimum absolute atomic E-state index is 0.247. The summed E-state index contributed by atoms with van der Waals surface area (Å²) >= 11 is 0. The number of unbranched alkanes of at least 4 members (excludes halogenated alkanes) is 4. The maximum absolute atomic E-state index is 11.1. The highest BCUT2D eigenvalue weighted by Gasteiger charge is 2.12. The van der Waals surface area contributed by atoms with Crippen molar-refractivity contribution in [1.82, 2.24) is 0 Å². The number of ketones is 1. The summed E-state index contributed by atoms with van der Waals surface area (Å²) in [6.45, 7) is 1.84. The standard InChI is InChI=1S/C12H20O5/c1-10(13)17-9-7-5-3-4-6-8-11(14)12(15)16-2/h3-9H2,1-2H3. The molecular weight excluding hydrogens is 224 g/mol. The minimum atomic E-state index is -0.764. The first kappa shape index (κ1) is 15.6. The Balaban J connectivity index is 3.27. The molecule has 0 aromatic rings. The van der Waals surface area contributed by atoms with Crippen molar-refractivity contribution in [2.75, 3.05) is 13.7 Å². The monoisotopic (exact) mass is 244 g/mol. The van der Waals surface area contributed by atoms with E-state index in [0.29, 0.717) is 13.0 Å². The topological polar surface area (TPSA) is 69.7 Å². The van der Waals surface area contributed by atoms with Crippen LogP contribution in [0, 0.1) is 0 Å². The molecule has 0 N–H and O–H groups in total. The van der Waals surface area contributed by atoms with Crippen LogP contribution in [0.1, 0.15) is 45.4 Å². The number of ether oxygens (including phenoxy) is 2. The van der Waals surface area contributed by atoms with E-state index in [1.54, 1.807) is 0 Å². The summed E-state index contributed by atoms with van der Waals surface area (Å²) < 4.78 is 9.09. The van der Waals surface area contributed by atoms with Gasteiger partial charge in [0.2, 0.25) is 5.78 Å². The first-order chi connectivity index (χ1) is 8.07. The van der Waals surface area contributed by atoms with E-state index in [1.807, 2.05) is 0 Å². The van der Waals surface area contributed by atoms with Crippen molar-refractivity contribution in [3.8, 4) is 0 Å². The third-order valence-electron chi connectivity index (χ3n) is 2.27. The van der Waals surface area contributed by atoms with Crippen molar-refractivity contribution in [2.24, 2.45) is 0 Å². The third kappa shape index (κ3) is 9.53. The molecule has 5 nitrogen and oxygen atoms in total. The SMILES string of the molecule is COC(=O)C(=O)CCCCCCCOC(C)=O. The lowest BCUT2D eigenvalue weighted by molar-refractivity contribution is -0.151. The number of hydrogen-bond acceptors (Lipinski definition) is 5. The summed E-state index contributed by atoms with van der Waals surface area (Å²) in [4.78, 5) is 32.3. The fourth-order valence-electron chi connectivity index (χ4n) is 1.35. The van der Waals surface area contributed by atoms with E-state index in [1.165, 1.54) is 14.0 Å². The van der Waals surface area contributed by atoms with Crippen molar-refractivity contribution in [3.63, 3.8) is 0 Å². The predicted octanol–water partition coefficient (Wildman–Crippen LogP) is 1.63. The predicted molar refractivity (Wildman–Crippen MR) is 61.4 cm³/mol. The number of esters is 2. The van der Waals surface area contributed by atoms with Crippen molar-refractivity contribution in [1.29, 1.82) is 0 Å². The number of Topliss-reactive ketones (excluding diaryl/α,β-unsaturated/α-hetero) is 1. The van der Waals surface area contributed by atoms with Gasteiger partial charge >= 0.3 is 11.9 Å². The molecule has 5 heteroatoms. The number of carbonyl (C=O) groups excluding carboxylic acids is 3. The molecule has 0 spiro atoms. The first-order valence-corrected chi connectivity index (χ1v) is 5.82. The van der Waals surface area contributed by atoms with Crippen molar-refractivity contribution >= 4 is 17.7 Å². The van der Waals surface area contributed by atoms with E-state index in [9.17, 15) is 14.4 Å². The average Bonchev–Trinajstić information content (AvgIpc) is 2.30. The summed E-state index contributed by atoms with van der Waals surface area (Å²) in [7, 11) is 1.20. The van der Waals surface area contributed by atoms with Gasteiger partial charge in [0.15, 0.2) is 0 Å². The fraction of sp³-hybridized carbons (Fsp3) is 0.750. The van der Waals surface area contributed by atoms with E-state index >= 15 is 0 Å². The van der Waals surface area contributed by atoms with E-state index in [2.05, 4.69) is 4.74 Å². The van der Waals surface area contributed by atoms with E-state index in [-0.39, 0.29) is 12.4 Å². The molecule has 0 amide bonds. The molecular formula is C12H20O5. The Hall–Kier alpha value is -1.39. The fourth-order valence-corrected chi connectivity index (χ4v) is 1.35. The lowest BCUT2D eigenvalue weighted by Crippen LogP contribution is -2.14. The molecule has 0 heterocycles. The summed E-state index contributed by atoms with van der Waals surface area (Å²) in [6, 6.07) is 0. The molecule has 98 valence electrons. The van der Waals surface area contributed by atoms with Gasteiger partial charge in [-0.2, -0.15) is 0 Å². The molecule has 17 heavy (non-hydrogen) atoms. The Morgan fingerprint density at radius 3 is 2.12 bits per heavy atom. The second-order valence-electron chi connectivity index (χ2n) is 3.77. The van der Waals surface area contributed by atoms with Crippen LogP contribution in [0.25, 0.3) is 0 Å². The highest BCUT2D eigenvalue weighted by Crippen LogP contribution is 2.06. The molecule has 0 fully saturated rings. The maximum atomic E-state index is 11.1. The van der Waals surface area contributed by atoms with Crippen LogP contribution in [0.5, 0.6) is 0 Å². The van der Waals surface area contributed by atoms with Crippen molar-refractivity contribution < 1.29 is 23.9 Å². The second-order valence-corrected chi connectivity index (χ2v) is 3.77. The van der Waals surface area contributed by atoms with Gasteiger partial charge in [0, 0.05) is 13.3 Å². The van der Waals surface area contributed by atoms with Crippen LogP contribution < -0.4 is 0 Å². The van der Waals surface area contributed by atoms with Gasteiger partial charge < -0.3 is 9.47 Å². The molecule has 0 aliphatic heterocycles. The molecule has 0 bridgehead atoms. The zero-order valence-corrected chi connectivity index (χ0v) is 10.5. The average molecular weight is 244 g/mol. The summed E-state index contributed by atoms with van der Waals surface area (Å²) in [5.74, 6) is -1.49. The zero-order chi connectivity index (χ0) is 13.1. The summed E-state index contributed by atoms with van der Waals surface area (Å²) in [6.07, 6.45) is 4.60. The number of methoxy groups -OCH3 is 1. The van der Waals surface area contributed by atoms with Gasteiger partial charge in [0.1, 0.15) is 0 Å². The van der Waals surface area contributed by atoms with Crippen LogP contribution in [-0.2, 0) is 23.9 Å². The van der Waals surface area contributed by atoms with Gasteiger partial charge in [-0.25, -0.2) is 4.79 Å². The molecule has 0 atom stereocenters. The molecule has 0 radical (unpaired) electrons. The van der Waals surface area contributed by atoms with Crippen LogP contribution in [0.4, 0.5) is 0 Å². The largest absolute Gasteiger partial charge is 0.466 e. The quantitative estimate of drug-likeness (QED) is 0.350. The van der Waals surface area contributed by atoms with Gasteiger partial charge in [-0.1, -0.05) is 19.3 Å². The summed E-state index contributed by atoms with van der Waals surface area (Å²) in [5.41, 5.74) is 0. The molecule has 0 unspecified atom stereocenters. The van der Waals surface area contributed by atoms with Crippen LogP contribution in [-0.4, -0.2) is 31.4 Å². The molecule has 0 aliphatic rings. The van der Waals surface area contributed by atoms with E-state index in [4.69, 9.17) is 4.74 Å². The third-order valence-corrected chi connectivity index (χ3v) is 2.27. The Kier molecular flexibility index (Phi) is 9.01. The lowest BCUT2D eigenvalue weighted by atomic mass is 10.1. The van der Waals surface area contributed by atoms with Crippen molar-refractivity contribution in [2.45, 2.75) is 45.4 Å². The van der Waals surface area contributed by atoms with E-state index < -0.39 is 11.8 Å². The second kappa shape index (κ2) is 9.81.